The van der Waals surface area contributed by atoms with Crippen molar-refractivity contribution in [2.45, 2.75) is 62.6 Å². The number of fused-ring (bicyclic) bond motifs is 1. The largest absolute Gasteiger partial charge is 0.361 e. The third kappa shape index (κ3) is 4.31. The topological polar surface area (TPSA) is 54.7 Å². The summed E-state index contributed by atoms with van der Waals surface area (Å²) in [7, 11) is 2.20. The van der Waals surface area contributed by atoms with E-state index in [4.69, 9.17) is 14.2 Å². The van der Waals surface area contributed by atoms with Crippen molar-refractivity contribution < 1.29 is 18.6 Å². The van der Waals surface area contributed by atoms with E-state index in [0.717, 1.165) is 61.8 Å². The van der Waals surface area contributed by atoms with Gasteiger partial charge in [-0.1, -0.05) is 18.2 Å². The maximum Gasteiger partial charge on any atom is 0.168 e. The minimum Gasteiger partial charge on any atom is -0.361 e. The lowest BCUT2D eigenvalue weighted by molar-refractivity contribution is -0.183. The number of rotatable bonds is 6. The summed E-state index contributed by atoms with van der Waals surface area (Å²) in [4.78, 5) is 2.45. The smallest absolute Gasteiger partial charge is 0.168 e. The van der Waals surface area contributed by atoms with Crippen molar-refractivity contribution >= 4 is 0 Å². The molecule has 2 fully saturated rings. The van der Waals surface area contributed by atoms with Crippen LogP contribution in [0.3, 0.4) is 0 Å². The summed E-state index contributed by atoms with van der Waals surface area (Å²) in [6.07, 6.45) is 5.82. The van der Waals surface area contributed by atoms with Crippen LogP contribution in [0.4, 0.5) is 4.39 Å². The van der Waals surface area contributed by atoms with Crippen molar-refractivity contribution in [3.8, 4) is 6.07 Å². The summed E-state index contributed by atoms with van der Waals surface area (Å²) in [6, 6.07) is 15.2. The second-order valence-electron chi connectivity index (χ2n) is 9.53. The Balaban J connectivity index is 1.28. The van der Waals surface area contributed by atoms with Crippen LogP contribution in [0.1, 0.15) is 60.8 Å². The second-order valence-corrected chi connectivity index (χ2v) is 9.53. The Morgan fingerprint density at radius 2 is 1.79 bits per heavy atom. The van der Waals surface area contributed by atoms with E-state index < -0.39 is 5.60 Å². The summed E-state index contributed by atoms with van der Waals surface area (Å²) in [5, 5.41) is 9.29. The van der Waals surface area contributed by atoms with Crippen LogP contribution in [0.25, 0.3) is 0 Å². The van der Waals surface area contributed by atoms with Gasteiger partial charge in [-0.3, -0.25) is 0 Å². The van der Waals surface area contributed by atoms with Gasteiger partial charge in [0.2, 0.25) is 0 Å². The van der Waals surface area contributed by atoms with Gasteiger partial charge in [0, 0.05) is 18.9 Å². The molecule has 1 spiro atoms. The quantitative estimate of drug-likeness (QED) is 0.629. The molecular weight excluding hydrogens is 419 g/mol. The van der Waals surface area contributed by atoms with E-state index in [9.17, 15) is 9.65 Å². The van der Waals surface area contributed by atoms with Gasteiger partial charge in [0.15, 0.2) is 5.79 Å². The van der Waals surface area contributed by atoms with Gasteiger partial charge in [-0.05, 0) is 80.2 Å². The summed E-state index contributed by atoms with van der Waals surface area (Å²) in [6.45, 7) is 2.84. The van der Waals surface area contributed by atoms with E-state index in [1.54, 1.807) is 0 Å². The predicted molar refractivity (Wildman–Crippen MR) is 122 cm³/mol. The molecule has 174 valence electrons. The molecule has 2 aromatic carbocycles. The maximum atomic E-state index is 13.7. The van der Waals surface area contributed by atoms with Crippen molar-refractivity contribution in [1.29, 1.82) is 5.26 Å². The number of hydrogen-bond donors (Lipinski definition) is 0. The van der Waals surface area contributed by atoms with E-state index in [-0.39, 0.29) is 11.6 Å². The first-order valence-corrected chi connectivity index (χ1v) is 12.0. The lowest BCUT2D eigenvalue weighted by Gasteiger charge is -2.39. The molecule has 1 aliphatic carbocycles. The highest BCUT2D eigenvalue weighted by atomic mass is 19.1. The van der Waals surface area contributed by atoms with Crippen molar-refractivity contribution in [2.75, 3.05) is 26.8 Å². The molecular formula is C27H31FN2O3. The third-order valence-corrected chi connectivity index (χ3v) is 7.65. The number of benzene rings is 2. The molecule has 0 radical (unpaired) electrons. The van der Waals surface area contributed by atoms with E-state index in [1.807, 2.05) is 30.3 Å². The summed E-state index contributed by atoms with van der Waals surface area (Å²) < 4.78 is 31.9. The van der Waals surface area contributed by atoms with Crippen molar-refractivity contribution in [1.82, 2.24) is 4.90 Å². The van der Waals surface area contributed by atoms with Crippen LogP contribution in [0, 0.1) is 17.1 Å². The van der Waals surface area contributed by atoms with Crippen LogP contribution in [0.15, 0.2) is 42.5 Å². The zero-order valence-electron chi connectivity index (χ0n) is 19.2. The molecule has 1 saturated heterocycles. The van der Waals surface area contributed by atoms with Gasteiger partial charge in [-0.15, -0.1) is 0 Å². The standard InChI is InChI=1S/C27H31FN2O3/c1-30(24-9-12-26(13-10-24)31-15-16-32-26)14-2-11-27(22-4-6-23(28)7-5-22)25-8-3-20(18-29)17-21(25)19-33-27/h3-8,17,24H,2,9-16,19H2,1H3. The van der Waals surface area contributed by atoms with Gasteiger partial charge in [0.25, 0.3) is 0 Å². The average molecular weight is 451 g/mol. The Labute approximate surface area is 195 Å². The molecule has 0 bridgehead atoms. The molecule has 1 saturated carbocycles. The molecule has 0 N–H and O–H groups in total. The first-order valence-electron chi connectivity index (χ1n) is 12.0. The van der Waals surface area contributed by atoms with Crippen LogP contribution in [0.5, 0.6) is 0 Å². The molecule has 1 atom stereocenters. The van der Waals surface area contributed by atoms with Gasteiger partial charge < -0.3 is 19.1 Å². The van der Waals surface area contributed by atoms with Crippen molar-refractivity contribution in [3.05, 3.63) is 70.5 Å². The molecule has 0 amide bonds. The van der Waals surface area contributed by atoms with Gasteiger partial charge in [0.05, 0.1) is 31.5 Å². The third-order valence-electron chi connectivity index (χ3n) is 7.65. The Bertz CT molecular complexity index is 1020. The fraction of sp³-hybridized carbons (Fsp3) is 0.519. The van der Waals surface area contributed by atoms with Gasteiger partial charge in [-0.25, -0.2) is 4.39 Å². The number of nitrogens with zero attached hydrogens (tertiary/aromatic N) is 2. The van der Waals surface area contributed by atoms with Crippen molar-refractivity contribution in [2.24, 2.45) is 0 Å². The minimum absolute atomic E-state index is 0.253. The minimum atomic E-state index is -0.611. The molecule has 1 unspecified atom stereocenters. The summed E-state index contributed by atoms with van der Waals surface area (Å²) in [5.74, 6) is -0.579. The number of hydrogen-bond acceptors (Lipinski definition) is 5. The SMILES string of the molecule is CN(CCCC1(c2ccc(F)cc2)OCc2cc(C#N)ccc21)C1CCC2(CC1)OCCO2. The van der Waals surface area contributed by atoms with Gasteiger partial charge >= 0.3 is 0 Å². The number of nitriles is 1. The average Bonchev–Trinajstić information content (AvgIpc) is 3.45. The lowest BCUT2D eigenvalue weighted by atomic mass is 9.81. The van der Waals surface area contributed by atoms with E-state index in [0.29, 0.717) is 31.4 Å². The molecule has 5 rings (SSSR count). The highest BCUT2D eigenvalue weighted by molar-refractivity contribution is 5.47. The fourth-order valence-electron chi connectivity index (χ4n) is 5.79. The Morgan fingerprint density at radius 1 is 1.06 bits per heavy atom. The zero-order valence-corrected chi connectivity index (χ0v) is 19.2. The van der Waals surface area contributed by atoms with Crippen LogP contribution in [-0.4, -0.2) is 43.5 Å². The highest BCUT2D eigenvalue weighted by Gasteiger charge is 2.43. The Hall–Kier alpha value is -2.30. The highest BCUT2D eigenvalue weighted by Crippen LogP contribution is 2.46. The van der Waals surface area contributed by atoms with E-state index in [2.05, 4.69) is 18.0 Å². The van der Waals surface area contributed by atoms with Gasteiger partial charge in [-0.2, -0.15) is 5.26 Å². The van der Waals surface area contributed by atoms with Crippen LogP contribution >= 0.6 is 0 Å². The number of halogens is 1. The van der Waals surface area contributed by atoms with Gasteiger partial charge in [0.1, 0.15) is 11.4 Å². The van der Waals surface area contributed by atoms with Crippen LogP contribution < -0.4 is 0 Å². The Kier molecular flexibility index (Phi) is 6.24. The molecule has 5 nitrogen and oxygen atoms in total. The molecule has 2 aliphatic heterocycles. The summed E-state index contributed by atoms with van der Waals surface area (Å²) in [5.41, 5.74) is 3.12. The predicted octanol–water partition coefficient (Wildman–Crippen LogP) is 4.87. The fourth-order valence-corrected chi connectivity index (χ4v) is 5.79. The second kappa shape index (κ2) is 9.15. The molecule has 2 aromatic rings. The Morgan fingerprint density at radius 3 is 2.48 bits per heavy atom. The maximum absolute atomic E-state index is 13.7. The van der Waals surface area contributed by atoms with Crippen LogP contribution in [0.2, 0.25) is 0 Å². The first-order chi connectivity index (χ1) is 16.0. The lowest BCUT2D eigenvalue weighted by Crippen LogP contribution is -2.43. The van der Waals surface area contributed by atoms with E-state index >= 15 is 0 Å². The summed E-state index contributed by atoms with van der Waals surface area (Å²) >= 11 is 0. The molecule has 33 heavy (non-hydrogen) atoms. The monoisotopic (exact) mass is 450 g/mol. The molecule has 6 heteroatoms. The first kappa shape index (κ1) is 22.5. The molecule has 2 heterocycles. The number of ether oxygens (including phenoxy) is 3. The normalized spacial score (nSPS) is 24.3. The van der Waals surface area contributed by atoms with Crippen LogP contribution in [-0.2, 0) is 26.4 Å². The molecule has 3 aliphatic rings. The van der Waals surface area contributed by atoms with Crippen molar-refractivity contribution in [3.63, 3.8) is 0 Å². The van der Waals surface area contributed by atoms with E-state index in [1.165, 1.54) is 12.1 Å². The molecule has 0 aromatic heterocycles. The zero-order chi connectivity index (χ0) is 22.9.